The highest BCUT2D eigenvalue weighted by molar-refractivity contribution is 5.98. The molecule has 0 N–H and O–H groups in total. The van der Waals surface area contributed by atoms with Crippen molar-refractivity contribution in [2.24, 2.45) is 0 Å². The Kier molecular flexibility index (Phi) is 4.05. The van der Waals surface area contributed by atoms with Crippen molar-refractivity contribution in [3.8, 4) is 5.69 Å². The van der Waals surface area contributed by atoms with E-state index >= 15 is 0 Å². The first-order valence-corrected chi connectivity index (χ1v) is 8.41. The quantitative estimate of drug-likeness (QED) is 0.734. The topological polar surface area (TPSA) is 77.0 Å². The van der Waals surface area contributed by atoms with Gasteiger partial charge in [0.2, 0.25) is 0 Å². The largest absolute Gasteiger partial charge is 0.365 e. The second-order valence-electron chi connectivity index (χ2n) is 6.34. The van der Waals surface area contributed by atoms with E-state index in [9.17, 15) is 4.79 Å². The summed E-state index contributed by atoms with van der Waals surface area (Å²) in [5, 5.41) is 12.4. The summed E-state index contributed by atoms with van der Waals surface area (Å²) in [6.45, 7) is 2.72. The van der Waals surface area contributed by atoms with Crippen molar-refractivity contribution in [3.05, 3.63) is 60.2 Å². The Morgan fingerprint density at radius 2 is 1.96 bits per heavy atom. The van der Waals surface area contributed by atoms with Gasteiger partial charge in [0, 0.05) is 24.6 Å². The van der Waals surface area contributed by atoms with Crippen molar-refractivity contribution in [2.75, 3.05) is 6.54 Å². The third-order valence-electron chi connectivity index (χ3n) is 4.79. The number of hydrogen-bond donors (Lipinski definition) is 0. The summed E-state index contributed by atoms with van der Waals surface area (Å²) in [6.07, 6.45) is 6.72. The van der Waals surface area contributed by atoms with Gasteiger partial charge in [0.15, 0.2) is 0 Å². The summed E-state index contributed by atoms with van der Waals surface area (Å²) < 4.78 is 4.97. The Hall–Kier alpha value is -2.96. The number of carbonyl (C=O) groups is 1. The lowest BCUT2D eigenvalue weighted by molar-refractivity contribution is 0.0606. The van der Waals surface area contributed by atoms with Crippen molar-refractivity contribution in [2.45, 2.75) is 31.7 Å². The average Bonchev–Trinajstić information content (AvgIpc) is 3.35. The van der Waals surface area contributed by atoms with Gasteiger partial charge < -0.3 is 9.42 Å². The number of likely N-dealkylation sites (tertiary alicyclic amines) is 1. The number of benzene rings is 1. The van der Waals surface area contributed by atoms with Gasteiger partial charge >= 0.3 is 0 Å². The van der Waals surface area contributed by atoms with E-state index in [2.05, 4.69) is 22.3 Å². The number of carbonyl (C=O) groups excluding carboxylic acids is 1. The third-order valence-corrected chi connectivity index (χ3v) is 4.79. The van der Waals surface area contributed by atoms with Gasteiger partial charge in [-0.3, -0.25) is 4.79 Å². The van der Waals surface area contributed by atoms with Crippen LogP contribution in [0.25, 0.3) is 5.69 Å². The van der Waals surface area contributed by atoms with Crippen LogP contribution in [0.3, 0.4) is 0 Å². The van der Waals surface area contributed by atoms with Gasteiger partial charge in [-0.2, -0.15) is 15.0 Å². The maximum absolute atomic E-state index is 13.3. The van der Waals surface area contributed by atoms with E-state index in [1.807, 2.05) is 35.2 Å². The molecule has 1 amide bonds. The van der Waals surface area contributed by atoms with E-state index in [-0.39, 0.29) is 17.9 Å². The molecule has 1 saturated heterocycles. The predicted octanol–water partition coefficient (Wildman–Crippen LogP) is 2.66. The molecule has 0 radical (unpaired) electrons. The molecular formula is C18H19N5O2. The number of para-hydroxylation sites is 1. The number of nitrogens with zero attached hydrogens (tertiary/aromatic N) is 5. The van der Waals surface area contributed by atoms with Crippen LogP contribution in [0.5, 0.6) is 0 Å². The molecule has 0 aliphatic carbocycles. The lowest BCUT2D eigenvalue weighted by Crippen LogP contribution is -2.45. The van der Waals surface area contributed by atoms with Crippen LogP contribution in [0, 0.1) is 0 Å². The highest BCUT2D eigenvalue weighted by Crippen LogP contribution is 2.30. The summed E-state index contributed by atoms with van der Waals surface area (Å²) in [4.78, 5) is 16.7. The Labute approximate surface area is 145 Å². The minimum absolute atomic E-state index is 0.00593. The van der Waals surface area contributed by atoms with E-state index in [0.717, 1.165) is 18.5 Å². The fourth-order valence-corrected chi connectivity index (χ4v) is 3.39. The van der Waals surface area contributed by atoms with Crippen LogP contribution in [0.2, 0.25) is 0 Å². The van der Waals surface area contributed by atoms with E-state index in [1.54, 1.807) is 18.7 Å². The summed E-state index contributed by atoms with van der Waals surface area (Å²) in [7, 11) is 0. The molecule has 3 aromatic rings. The Morgan fingerprint density at radius 1 is 1.16 bits per heavy atom. The van der Waals surface area contributed by atoms with Crippen LogP contribution >= 0.6 is 0 Å². The van der Waals surface area contributed by atoms with Crippen molar-refractivity contribution < 1.29 is 9.32 Å². The Bertz CT molecular complexity index is 844. The molecular weight excluding hydrogens is 318 g/mol. The highest BCUT2D eigenvalue weighted by Gasteiger charge is 2.32. The van der Waals surface area contributed by atoms with Crippen LogP contribution in [0.15, 0.2) is 53.5 Å². The number of amides is 1. The van der Waals surface area contributed by atoms with Gasteiger partial charge in [0.25, 0.3) is 5.91 Å². The first-order valence-electron chi connectivity index (χ1n) is 8.41. The number of aromatic nitrogens is 4. The molecule has 1 fully saturated rings. The molecule has 0 spiro atoms. The van der Waals surface area contributed by atoms with Gasteiger partial charge in [-0.1, -0.05) is 17.3 Å². The zero-order chi connectivity index (χ0) is 17.2. The van der Waals surface area contributed by atoms with Crippen LogP contribution < -0.4 is 0 Å². The first-order chi connectivity index (χ1) is 12.2. The average molecular weight is 337 g/mol. The minimum Gasteiger partial charge on any atom is -0.365 e. The Morgan fingerprint density at radius 3 is 2.72 bits per heavy atom. The molecule has 7 heteroatoms. The van der Waals surface area contributed by atoms with E-state index in [1.165, 1.54) is 4.80 Å². The SMILES string of the molecule is C[C@@H]1CC[C@@H](c2ccon2)CN1C(=O)c1ccccc1-n1nccn1. The van der Waals surface area contributed by atoms with E-state index in [0.29, 0.717) is 17.8 Å². The van der Waals surface area contributed by atoms with Gasteiger partial charge in [-0.05, 0) is 31.9 Å². The maximum atomic E-state index is 13.3. The lowest BCUT2D eigenvalue weighted by Gasteiger charge is -2.37. The van der Waals surface area contributed by atoms with Crippen molar-refractivity contribution in [3.63, 3.8) is 0 Å². The fourth-order valence-electron chi connectivity index (χ4n) is 3.39. The van der Waals surface area contributed by atoms with E-state index in [4.69, 9.17) is 4.52 Å². The van der Waals surface area contributed by atoms with Crippen LogP contribution in [0.4, 0.5) is 0 Å². The van der Waals surface area contributed by atoms with Crippen molar-refractivity contribution in [1.82, 2.24) is 25.1 Å². The molecule has 2 aromatic heterocycles. The zero-order valence-corrected chi connectivity index (χ0v) is 13.9. The summed E-state index contributed by atoms with van der Waals surface area (Å²) in [6, 6.07) is 9.49. The molecule has 7 nitrogen and oxygen atoms in total. The van der Waals surface area contributed by atoms with Crippen LogP contribution in [-0.2, 0) is 0 Å². The van der Waals surface area contributed by atoms with Gasteiger partial charge in [0.1, 0.15) is 6.26 Å². The first kappa shape index (κ1) is 15.6. The molecule has 128 valence electrons. The smallest absolute Gasteiger partial charge is 0.256 e. The van der Waals surface area contributed by atoms with Gasteiger partial charge in [-0.25, -0.2) is 0 Å². The minimum atomic E-state index is -0.00593. The highest BCUT2D eigenvalue weighted by atomic mass is 16.5. The summed E-state index contributed by atoms with van der Waals surface area (Å²) in [5.41, 5.74) is 2.20. The Balaban J connectivity index is 1.64. The summed E-state index contributed by atoms with van der Waals surface area (Å²) in [5.74, 6) is 0.197. The fraction of sp³-hybridized carbons (Fsp3) is 0.333. The molecule has 4 rings (SSSR count). The molecule has 25 heavy (non-hydrogen) atoms. The predicted molar refractivity (Wildman–Crippen MR) is 90.3 cm³/mol. The van der Waals surface area contributed by atoms with E-state index < -0.39 is 0 Å². The molecule has 0 saturated carbocycles. The molecule has 0 bridgehead atoms. The molecule has 0 unspecified atom stereocenters. The zero-order valence-electron chi connectivity index (χ0n) is 13.9. The standard InChI is InChI=1S/C18H19N5O2/c1-13-6-7-14(16-8-11-25-21-16)12-22(13)18(24)15-4-2-3-5-17(15)23-19-9-10-20-23/h2-5,8-11,13-14H,6-7,12H2,1H3/t13-,14-/m1/s1. The monoisotopic (exact) mass is 337 g/mol. The lowest BCUT2D eigenvalue weighted by atomic mass is 9.90. The number of hydrogen-bond acceptors (Lipinski definition) is 5. The number of piperidine rings is 1. The summed E-state index contributed by atoms with van der Waals surface area (Å²) >= 11 is 0. The molecule has 1 aliphatic rings. The maximum Gasteiger partial charge on any atom is 0.256 e. The molecule has 1 aliphatic heterocycles. The molecule has 2 atom stereocenters. The van der Waals surface area contributed by atoms with Gasteiger partial charge in [-0.15, -0.1) is 0 Å². The van der Waals surface area contributed by atoms with Crippen LogP contribution in [-0.4, -0.2) is 43.5 Å². The van der Waals surface area contributed by atoms with Crippen molar-refractivity contribution in [1.29, 1.82) is 0 Å². The number of rotatable bonds is 3. The van der Waals surface area contributed by atoms with Crippen LogP contribution in [0.1, 0.15) is 41.7 Å². The molecule has 1 aromatic carbocycles. The normalized spacial score (nSPS) is 20.6. The van der Waals surface area contributed by atoms with Gasteiger partial charge in [0.05, 0.1) is 29.3 Å². The second-order valence-corrected chi connectivity index (χ2v) is 6.34. The molecule has 3 heterocycles. The third kappa shape index (κ3) is 2.93. The second kappa shape index (κ2) is 6.51. The van der Waals surface area contributed by atoms with Crippen molar-refractivity contribution >= 4 is 5.91 Å².